The van der Waals surface area contributed by atoms with Crippen LogP contribution in [0.2, 0.25) is 0 Å². The lowest BCUT2D eigenvalue weighted by molar-refractivity contribution is -0.118. The summed E-state index contributed by atoms with van der Waals surface area (Å²) < 4.78 is 5.54. The molecule has 1 atom stereocenters. The van der Waals surface area contributed by atoms with Gasteiger partial charge in [-0.2, -0.15) is 0 Å². The van der Waals surface area contributed by atoms with Crippen molar-refractivity contribution in [2.45, 2.75) is 38.6 Å². The van der Waals surface area contributed by atoms with Gasteiger partial charge in [-0.05, 0) is 49.1 Å². The molecule has 1 unspecified atom stereocenters. The van der Waals surface area contributed by atoms with Gasteiger partial charge < -0.3 is 15.8 Å². The van der Waals surface area contributed by atoms with E-state index >= 15 is 0 Å². The molecule has 0 bridgehead atoms. The summed E-state index contributed by atoms with van der Waals surface area (Å²) >= 11 is 0. The number of carbonyl (C=O) groups is 1. The Kier molecular flexibility index (Phi) is 4.80. The summed E-state index contributed by atoms with van der Waals surface area (Å²) in [6.07, 6.45) is 3.65. The fourth-order valence-corrected chi connectivity index (χ4v) is 2.48. The third-order valence-corrected chi connectivity index (χ3v) is 3.45. The van der Waals surface area contributed by atoms with Crippen LogP contribution in [0.4, 0.5) is 0 Å². The van der Waals surface area contributed by atoms with Crippen molar-refractivity contribution in [3.63, 3.8) is 0 Å². The number of aryl methyl sites for hydroxylation is 1. The van der Waals surface area contributed by atoms with Crippen LogP contribution in [0.15, 0.2) is 18.2 Å². The number of fused-ring (bicyclic) bond motifs is 1. The number of carbonyl (C=O) groups excluding carboxylic acids is 1. The van der Waals surface area contributed by atoms with Crippen molar-refractivity contribution >= 4 is 5.91 Å². The average molecular weight is 262 g/mol. The van der Waals surface area contributed by atoms with Crippen LogP contribution in [0.5, 0.6) is 5.75 Å². The minimum absolute atomic E-state index is 0.262. The largest absolute Gasteiger partial charge is 0.493 e. The van der Waals surface area contributed by atoms with Crippen molar-refractivity contribution in [1.29, 1.82) is 0 Å². The Morgan fingerprint density at radius 1 is 1.53 bits per heavy atom. The molecule has 0 aromatic heterocycles. The number of rotatable bonds is 7. The smallest absolute Gasteiger partial charge is 0.220 e. The third kappa shape index (κ3) is 3.70. The molecule has 104 valence electrons. The molecule has 0 radical (unpaired) electrons. The Morgan fingerprint density at radius 2 is 2.37 bits per heavy atom. The summed E-state index contributed by atoms with van der Waals surface area (Å²) in [5.41, 5.74) is 7.82. The molecule has 0 aliphatic heterocycles. The van der Waals surface area contributed by atoms with E-state index in [0.29, 0.717) is 12.6 Å². The van der Waals surface area contributed by atoms with Gasteiger partial charge in [0.1, 0.15) is 5.75 Å². The second kappa shape index (κ2) is 6.57. The fraction of sp³-hybridized carbons (Fsp3) is 0.533. The molecule has 2 rings (SSSR count). The highest BCUT2D eigenvalue weighted by Gasteiger charge is 2.21. The van der Waals surface area contributed by atoms with Crippen LogP contribution >= 0.6 is 0 Å². The summed E-state index contributed by atoms with van der Waals surface area (Å²) in [6, 6.07) is 6.68. The molecule has 1 aliphatic carbocycles. The van der Waals surface area contributed by atoms with Gasteiger partial charge in [0, 0.05) is 6.04 Å². The first-order valence-corrected chi connectivity index (χ1v) is 6.98. The van der Waals surface area contributed by atoms with E-state index in [1.54, 1.807) is 0 Å². The first-order chi connectivity index (χ1) is 9.20. The number of primary amides is 1. The van der Waals surface area contributed by atoms with Gasteiger partial charge in [-0.15, -0.1) is 0 Å². The zero-order valence-corrected chi connectivity index (χ0v) is 11.4. The summed E-state index contributed by atoms with van der Waals surface area (Å²) in [4.78, 5) is 10.7. The first-order valence-electron chi connectivity index (χ1n) is 6.98. The number of hydrogen-bond acceptors (Lipinski definition) is 3. The molecule has 19 heavy (non-hydrogen) atoms. The quantitative estimate of drug-likeness (QED) is 0.789. The van der Waals surface area contributed by atoms with Gasteiger partial charge >= 0.3 is 0 Å². The molecule has 1 aromatic carbocycles. The van der Waals surface area contributed by atoms with Crippen molar-refractivity contribution in [1.82, 2.24) is 5.32 Å². The maximum atomic E-state index is 10.7. The molecule has 0 fully saturated rings. The maximum Gasteiger partial charge on any atom is 0.220 e. The normalized spacial score (nSPS) is 17.2. The molecule has 0 saturated carbocycles. The van der Waals surface area contributed by atoms with Gasteiger partial charge in [-0.25, -0.2) is 0 Å². The molecule has 3 N–H and O–H groups in total. The number of benzene rings is 1. The second-order valence-corrected chi connectivity index (χ2v) is 4.97. The number of ether oxygens (including phenoxy) is 1. The van der Waals surface area contributed by atoms with Gasteiger partial charge in [0.25, 0.3) is 0 Å². The van der Waals surface area contributed by atoms with E-state index in [0.717, 1.165) is 31.6 Å². The molecular weight excluding hydrogens is 240 g/mol. The lowest BCUT2D eigenvalue weighted by Crippen LogP contribution is -2.19. The van der Waals surface area contributed by atoms with E-state index in [-0.39, 0.29) is 12.3 Å². The third-order valence-electron chi connectivity index (χ3n) is 3.45. The highest BCUT2D eigenvalue weighted by molar-refractivity contribution is 5.73. The van der Waals surface area contributed by atoms with Crippen LogP contribution in [-0.4, -0.2) is 19.1 Å². The molecule has 0 saturated heterocycles. The monoisotopic (exact) mass is 262 g/mol. The van der Waals surface area contributed by atoms with Crippen molar-refractivity contribution in [3.8, 4) is 5.75 Å². The Morgan fingerprint density at radius 3 is 3.11 bits per heavy atom. The minimum atomic E-state index is -0.329. The van der Waals surface area contributed by atoms with Crippen LogP contribution in [0, 0.1) is 0 Å². The molecule has 4 nitrogen and oxygen atoms in total. The molecular formula is C15H22N2O2. The minimum Gasteiger partial charge on any atom is -0.493 e. The zero-order valence-electron chi connectivity index (χ0n) is 11.4. The standard InChI is InChI=1S/C15H22N2O2/c1-2-8-17-14-6-3-11-10-12(4-5-13(11)14)19-9-7-15(16)18/h4-5,10,14,17H,2-3,6-9H2,1H3,(H2,16,18). The van der Waals surface area contributed by atoms with Crippen molar-refractivity contribution < 1.29 is 9.53 Å². The van der Waals surface area contributed by atoms with Gasteiger partial charge in [-0.3, -0.25) is 4.79 Å². The predicted octanol–water partition coefficient (Wildman–Crippen LogP) is 1.93. The Bertz CT molecular complexity index is 446. The summed E-state index contributed by atoms with van der Waals surface area (Å²) in [7, 11) is 0. The number of nitrogens with one attached hydrogen (secondary N) is 1. The predicted molar refractivity (Wildman–Crippen MR) is 75.1 cm³/mol. The molecule has 4 heteroatoms. The number of amides is 1. The Labute approximate surface area is 114 Å². The summed E-state index contributed by atoms with van der Waals surface area (Å²) in [5, 5.41) is 3.56. The zero-order chi connectivity index (χ0) is 13.7. The number of hydrogen-bond donors (Lipinski definition) is 2. The van der Waals surface area contributed by atoms with Crippen LogP contribution in [0.3, 0.4) is 0 Å². The van der Waals surface area contributed by atoms with Gasteiger partial charge in [-0.1, -0.05) is 13.0 Å². The Balaban J connectivity index is 1.95. The van der Waals surface area contributed by atoms with E-state index < -0.39 is 0 Å². The van der Waals surface area contributed by atoms with E-state index in [1.165, 1.54) is 11.1 Å². The van der Waals surface area contributed by atoms with E-state index in [1.807, 2.05) is 6.07 Å². The fourth-order valence-electron chi connectivity index (χ4n) is 2.48. The van der Waals surface area contributed by atoms with Crippen LogP contribution < -0.4 is 15.8 Å². The van der Waals surface area contributed by atoms with Crippen molar-refractivity contribution in [2.24, 2.45) is 5.73 Å². The van der Waals surface area contributed by atoms with E-state index in [2.05, 4.69) is 24.4 Å². The highest BCUT2D eigenvalue weighted by Crippen LogP contribution is 2.33. The van der Waals surface area contributed by atoms with E-state index in [9.17, 15) is 4.79 Å². The van der Waals surface area contributed by atoms with Crippen LogP contribution in [0.25, 0.3) is 0 Å². The summed E-state index contributed by atoms with van der Waals surface area (Å²) in [6.45, 7) is 3.59. The van der Waals surface area contributed by atoms with Crippen LogP contribution in [0.1, 0.15) is 43.4 Å². The lowest BCUT2D eigenvalue weighted by atomic mass is 10.1. The lowest BCUT2D eigenvalue weighted by Gasteiger charge is -2.13. The highest BCUT2D eigenvalue weighted by atomic mass is 16.5. The van der Waals surface area contributed by atoms with Gasteiger partial charge in [0.05, 0.1) is 13.0 Å². The number of nitrogens with two attached hydrogens (primary N) is 1. The molecule has 1 amide bonds. The van der Waals surface area contributed by atoms with Gasteiger partial charge in [0.15, 0.2) is 0 Å². The molecule has 0 heterocycles. The van der Waals surface area contributed by atoms with E-state index in [4.69, 9.17) is 10.5 Å². The molecule has 1 aliphatic rings. The van der Waals surface area contributed by atoms with Crippen molar-refractivity contribution in [2.75, 3.05) is 13.2 Å². The topological polar surface area (TPSA) is 64.3 Å². The summed E-state index contributed by atoms with van der Waals surface area (Å²) in [5.74, 6) is 0.501. The molecule has 1 aromatic rings. The second-order valence-electron chi connectivity index (χ2n) is 4.97. The van der Waals surface area contributed by atoms with Gasteiger partial charge in [0.2, 0.25) is 5.91 Å². The SMILES string of the molecule is CCCNC1CCc2cc(OCCC(N)=O)ccc21. The average Bonchev–Trinajstić information content (AvgIpc) is 2.78. The maximum absolute atomic E-state index is 10.7. The van der Waals surface area contributed by atoms with Crippen LogP contribution in [-0.2, 0) is 11.2 Å². The molecule has 0 spiro atoms. The first kappa shape index (κ1) is 13.9. The van der Waals surface area contributed by atoms with Crippen molar-refractivity contribution in [3.05, 3.63) is 29.3 Å². The Hall–Kier alpha value is -1.55.